The van der Waals surface area contributed by atoms with Crippen molar-refractivity contribution < 1.29 is 14.4 Å². The van der Waals surface area contributed by atoms with Crippen LogP contribution in [-0.2, 0) is 9.59 Å². The van der Waals surface area contributed by atoms with Crippen LogP contribution in [0.15, 0.2) is 12.3 Å². The minimum absolute atomic E-state index is 0.0781. The van der Waals surface area contributed by atoms with Crippen molar-refractivity contribution in [3.05, 3.63) is 18.0 Å². The normalized spacial score (nSPS) is 19.2. The Bertz CT molecular complexity index is 591. The number of likely N-dealkylation sites (tertiary alicyclic amines) is 1. The molecule has 0 radical (unpaired) electrons. The highest BCUT2D eigenvalue weighted by Crippen LogP contribution is 2.18. The summed E-state index contributed by atoms with van der Waals surface area (Å²) >= 11 is 0. The van der Waals surface area contributed by atoms with Crippen molar-refractivity contribution in [3.8, 4) is 0 Å². The highest BCUT2D eigenvalue weighted by Gasteiger charge is 2.33. The molecule has 0 saturated carbocycles. The number of aromatic nitrogens is 1. The van der Waals surface area contributed by atoms with E-state index in [-0.39, 0.29) is 30.2 Å². The summed E-state index contributed by atoms with van der Waals surface area (Å²) in [6.07, 6.45) is 2.27. The maximum absolute atomic E-state index is 12.3. The van der Waals surface area contributed by atoms with Crippen LogP contribution in [0.25, 0.3) is 0 Å². The summed E-state index contributed by atoms with van der Waals surface area (Å²) in [4.78, 5) is 36.8. The smallest absolute Gasteiger partial charge is 0.268 e. The Morgan fingerprint density at radius 2 is 2.10 bits per heavy atom. The van der Waals surface area contributed by atoms with Gasteiger partial charge in [-0.3, -0.25) is 19.3 Å². The van der Waals surface area contributed by atoms with Gasteiger partial charge in [0.05, 0.1) is 5.69 Å². The van der Waals surface area contributed by atoms with E-state index in [1.54, 1.807) is 16.8 Å². The lowest BCUT2D eigenvalue weighted by Gasteiger charge is -2.28. The Morgan fingerprint density at radius 1 is 1.43 bits per heavy atom. The molecule has 114 valence electrons. The topological polar surface area (TPSA) is 97.4 Å². The third kappa shape index (κ3) is 2.91. The fourth-order valence-electron chi connectivity index (χ4n) is 2.39. The van der Waals surface area contributed by atoms with Gasteiger partial charge in [0.1, 0.15) is 11.7 Å². The van der Waals surface area contributed by atoms with Crippen LogP contribution in [0.1, 0.15) is 43.2 Å². The third-order valence-electron chi connectivity index (χ3n) is 3.61. The number of anilines is 1. The molecule has 7 heteroatoms. The maximum atomic E-state index is 12.3. The summed E-state index contributed by atoms with van der Waals surface area (Å²) in [5.41, 5.74) is 6.64. The molecule has 0 aromatic carbocycles. The van der Waals surface area contributed by atoms with Gasteiger partial charge in [-0.2, -0.15) is 0 Å². The molecule has 2 rings (SSSR count). The average molecular weight is 292 g/mol. The Kier molecular flexibility index (Phi) is 4.02. The summed E-state index contributed by atoms with van der Waals surface area (Å²) in [6, 6.07) is 0.989. The molecular formula is C14H20N4O3. The van der Waals surface area contributed by atoms with E-state index in [9.17, 15) is 14.4 Å². The molecule has 1 aromatic heterocycles. The molecule has 3 amide bonds. The second kappa shape index (κ2) is 5.59. The van der Waals surface area contributed by atoms with Crippen molar-refractivity contribution in [2.24, 2.45) is 0 Å². The lowest BCUT2D eigenvalue weighted by molar-refractivity contribution is -0.147. The maximum Gasteiger partial charge on any atom is 0.268 e. The van der Waals surface area contributed by atoms with Gasteiger partial charge in [0.25, 0.3) is 11.8 Å². The fraction of sp³-hybridized carbons (Fsp3) is 0.500. The van der Waals surface area contributed by atoms with Crippen LogP contribution < -0.4 is 11.1 Å². The summed E-state index contributed by atoms with van der Waals surface area (Å²) in [6.45, 7) is 3.88. The molecule has 2 heterocycles. The van der Waals surface area contributed by atoms with Gasteiger partial charge in [0.15, 0.2) is 0 Å². The lowest BCUT2D eigenvalue weighted by Crippen LogP contribution is -2.53. The van der Waals surface area contributed by atoms with E-state index in [1.807, 2.05) is 13.8 Å². The molecule has 7 nitrogen and oxygen atoms in total. The number of nitrogens with two attached hydrogens (primary N) is 1. The molecule has 1 atom stereocenters. The van der Waals surface area contributed by atoms with Crippen molar-refractivity contribution in [2.75, 3.05) is 12.8 Å². The Balaban J connectivity index is 2.15. The number of nitrogens with zero attached hydrogens (tertiary/aromatic N) is 2. The number of amides is 3. The number of imide groups is 1. The summed E-state index contributed by atoms with van der Waals surface area (Å²) in [5.74, 6) is -0.961. The highest BCUT2D eigenvalue weighted by atomic mass is 16.2. The molecule has 1 fully saturated rings. The summed E-state index contributed by atoms with van der Waals surface area (Å²) in [5, 5.41) is 2.69. The Labute approximate surface area is 123 Å². The van der Waals surface area contributed by atoms with E-state index in [0.29, 0.717) is 17.8 Å². The van der Waals surface area contributed by atoms with Crippen LogP contribution in [0, 0.1) is 0 Å². The van der Waals surface area contributed by atoms with Crippen molar-refractivity contribution in [3.63, 3.8) is 0 Å². The van der Waals surface area contributed by atoms with Crippen molar-refractivity contribution in [1.82, 2.24) is 14.8 Å². The molecule has 21 heavy (non-hydrogen) atoms. The molecule has 0 spiro atoms. The van der Waals surface area contributed by atoms with E-state index in [4.69, 9.17) is 5.73 Å². The molecular weight excluding hydrogens is 272 g/mol. The van der Waals surface area contributed by atoms with Gasteiger partial charge in [-0.15, -0.1) is 0 Å². The second-order valence-electron chi connectivity index (χ2n) is 5.52. The van der Waals surface area contributed by atoms with E-state index in [2.05, 4.69) is 5.32 Å². The van der Waals surface area contributed by atoms with Gasteiger partial charge in [-0.25, -0.2) is 0 Å². The zero-order chi connectivity index (χ0) is 15.7. The summed E-state index contributed by atoms with van der Waals surface area (Å²) < 4.78 is 1.76. The predicted molar refractivity (Wildman–Crippen MR) is 77.5 cm³/mol. The first-order valence-corrected chi connectivity index (χ1v) is 6.90. The monoisotopic (exact) mass is 292 g/mol. The highest BCUT2D eigenvalue weighted by molar-refractivity contribution is 6.03. The number of carbonyl (C=O) groups is 3. The van der Waals surface area contributed by atoms with Gasteiger partial charge < -0.3 is 15.6 Å². The van der Waals surface area contributed by atoms with E-state index in [1.165, 1.54) is 7.05 Å². The third-order valence-corrected chi connectivity index (χ3v) is 3.61. The fourth-order valence-corrected chi connectivity index (χ4v) is 2.39. The molecule has 1 aromatic rings. The molecule has 1 unspecified atom stereocenters. The molecule has 1 saturated heterocycles. The average Bonchev–Trinajstić information content (AvgIpc) is 2.82. The number of likely N-dealkylation sites (N-methyl/N-ethyl adjacent to an activating group) is 1. The van der Waals surface area contributed by atoms with Gasteiger partial charge in [0, 0.05) is 25.7 Å². The number of hydrogen-bond acceptors (Lipinski definition) is 4. The number of piperidine rings is 1. The molecule has 1 aliphatic heterocycles. The standard InChI is InChI=1S/C14H20N4O3/c1-8(2)18-7-9(15)6-11(18)13(20)16-10-4-5-12(19)17(3)14(10)21/h6-8,10H,4-5,15H2,1-3H3,(H,16,20). The quantitative estimate of drug-likeness (QED) is 0.794. The van der Waals surface area contributed by atoms with Crippen molar-refractivity contribution in [2.45, 2.75) is 38.8 Å². The van der Waals surface area contributed by atoms with Crippen LogP contribution in [0.4, 0.5) is 5.69 Å². The van der Waals surface area contributed by atoms with E-state index in [0.717, 1.165) is 4.90 Å². The molecule has 0 aliphatic carbocycles. The molecule has 1 aliphatic rings. The number of nitrogen functional groups attached to an aromatic ring is 1. The first-order chi connectivity index (χ1) is 9.81. The Morgan fingerprint density at radius 3 is 2.71 bits per heavy atom. The number of carbonyl (C=O) groups excluding carboxylic acids is 3. The van der Waals surface area contributed by atoms with E-state index >= 15 is 0 Å². The van der Waals surface area contributed by atoms with Crippen LogP contribution in [-0.4, -0.2) is 40.3 Å². The summed E-state index contributed by atoms with van der Waals surface area (Å²) in [7, 11) is 1.43. The van der Waals surface area contributed by atoms with Crippen LogP contribution >= 0.6 is 0 Å². The predicted octanol–water partition coefficient (Wildman–Crippen LogP) is 0.528. The van der Waals surface area contributed by atoms with Crippen LogP contribution in [0.5, 0.6) is 0 Å². The van der Waals surface area contributed by atoms with Gasteiger partial charge in [-0.1, -0.05) is 0 Å². The minimum atomic E-state index is -0.670. The van der Waals surface area contributed by atoms with Crippen molar-refractivity contribution >= 4 is 23.4 Å². The SMILES string of the molecule is CC(C)n1cc(N)cc1C(=O)NC1CCC(=O)N(C)C1=O. The van der Waals surface area contributed by atoms with Gasteiger partial charge in [-0.05, 0) is 26.3 Å². The molecule has 3 N–H and O–H groups in total. The Hall–Kier alpha value is -2.31. The minimum Gasteiger partial charge on any atom is -0.397 e. The lowest BCUT2D eigenvalue weighted by atomic mass is 10.0. The zero-order valence-corrected chi connectivity index (χ0v) is 12.4. The van der Waals surface area contributed by atoms with Crippen LogP contribution in [0.3, 0.4) is 0 Å². The largest absolute Gasteiger partial charge is 0.397 e. The number of rotatable bonds is 3. The number of nitrogens with one attached hydrogen (secondary N) is 1. The van der Waals surface area contributed by atoms with E-state index < -0.39 is 6.04 Å². The first kappa shape index (κ1) is 15.1. The zero-order valence-electron chi connectivity index (χ0n) is 12.4. The first-order valence-electron chi connectivity index (χ1n) is 6.90. The van der Waals surface area contributed by atoms with Crippen molar-refractivity contribution in [1.29, 1.82) is 0 Å². The van der Waals surface area contributed by atoms with Gasteiger partial charge >= 0.3 is 0 Å². The molecule has 0 bridgehead atoms. The number of hydrogen-bond donors (Lipinski definition) is 2. The van der Waals surface area contributed by atoms with Gasteiger partial charge in [0.2, 0.25) is 5.91 Å². The second-order valence-corrected chi connectivity index (χ2v) is 5.52. The van der Waals surface area contributed by atoms with Crippen LogP contribution in [0.2, 0.25) is 0 Å².